The number of carbonyl (C=O) groups excluding carboxylic acids is 2. The van der Waals surface area contributed by atoms with Crippen molar-refractivity contribution in [2.45, 2.75) is 20.3 Å². The SMILES string of the molecule is COC(=O)C(C)CN(CCc1ccc(OC)cc1)C(C)=O. The molecule has 1 aromatic rings. The van der Waals surface area contributed by atoms with Crippen LogP contribution in [0.3, 0.4) is 0 Å². The molecule has 0 heterocycles. The maximum absolute atomic E-state index is 11.7. The lowest BCUT2D eigenvalue weighted by molar-refractivity contribution is -0.146. The van der Waals surface area contributed by atoms with E-state index in [1.807, 2.05) is 24.3 Å². The van der Waals surface area contributed by atoms with Gasteiger partial charge in [0.2, 0.25) is 5.91 Å². The van der Waals surface area contributed by atoms with Crippen molar-refractivity contribution in [3.05, 3.63) is 29.8 Å². The van der Waals surface area contributed by atoms with Crippen molar-refractivity contribution >= 4 is 11.9 Å². The molecule has 0 fully saturated rings. The first-order valence-corrected chi connectivity index (χ1v) is 6.94. The summed E-state index contributed by atoms with van der Waals surface area (Å²) in [6, 6.07) is 7.73. The van der Waals surface area contributed by atoms with Gasteiger partial charge in [-0.2, -0.15) is 0 Å². The van der Waals surface area contributed by atoms with E-state index >= 15 is 0 Å². The van der Waals surface area contributed by atoms with Gasteiger partial charge in [0.25, 0.3) is 0 Å². The van der Waals surface area contributed by atoms with E-state index in [2.05, 4.69) is 0 Å². The fourth-order valence-electron chi connectivity index (χ4n) is 2.04. The number of ether oxygens (including phenoxy) is 2. The van der Waals surface area contributed by atoms with E-state index in [4.69, 9.17) is 9.47 Å². The summed E-state index contributed by atoms with van der Waals surface area (Å²) in [4.78, 5) is 24.8. The molecule has 0 spiro atoms. The maximum Gasteiger partial charge on any atom is 0.310 e. The summed E-state index contributed by atoms with van der Waals surface area (Å²) in [5.74, 6) is 0.140. The number of benzene rings is 1. The molecule has 0 saturated carbocycles. The summed E-state index contributed by atoms with van der Waals surface area (Å²) in [6.45, 7) is 4.22. The van der Waals surface area contributed by atoms with E-state index in [0.717, 1.165) is 17.7 Å². The van der Waals surface area contributed by atoms with Gasteiger partial charge in [0.15, 0.2) is 0 Å². The van der Waals surface area contributed by atoms with Crippen LogP contribution >= 0.6 is 0 Å². The van der Waals surface area contributed by atoms with Gasteiger partial charge in [0.05, 0.1) is 20.1 Å². The lowest BCUT2D eigenvalue weighted by atomic mass is 10.1. The Morgan fingerprint density at radius 2 is 1.81 bits per heavy atom. The zero-order chi connectivity index (χ0) is 15.8. The van der Waals surface area contributed by atoms with Crippen LogP contribution in [0, 0.1) is 5.92 Å². The van der Waals surface area contributed by atoms with Gasteiger partial charge < -0.3 is 14.4 Å². The minimum atomic E-state index is -0.324. The Morgan fingerprint density at radius 1 is 1.19 bits per heavy atom. The Hall–Kier alpha value is -2.04. The summed E-state index contributed by atoms with van der Waals surface area (Å²) < 4.78 is 9.80. The normalized spacial score (nSPS) is 11.6. The summed E-state index contributed by atoms with van der Waals surface area (Å²) >= 11 is 0. The highest BCUT2D eigenvalue weighted by Crippen LogP contribution is 2.12. The molecule has 0 bridgehead atoms. The third kappa shape index (κ3) is 5.45. The highest BCUT2D eigenvalue weighted by atomic mass is 16.5. The van der Waals surface area contributed by atoms with Crippen molar-refractivity contribution in [1.29, 1.82) is 0 Å². The molecule has 0 radical (unpaired) electrons. The van der Waals surface area contributed by atoms with E-state index in [0.29, 0.717) is 13.1 Å². The van der Waals surface area contributed by atoms with E-state index < -0.39 is 0 Å². The quantitative estimate of drug-likeness (QED) is 0.720. The average Bonchev–Trinajstić information content (AvgIpc) is 2.50. The molecule has 116 valence electrons. The van der Waals surface area contributed by atoms with E-state index in [-0.39, 0.29) is 17.8 Å². The second kappa shape index (κ2) is 8.29. The first kappa shape index (κ1) is 17.0. The topological polar surface area (TPSA) is 55.8 Å². The fraction of sp³-hybridized carbons (Fsp3) is 0.500. The average molecular weight is 293 g/mol. The Balaban J connectivity index is 2.58. The molecule has 1 rings (SSSR count). The van der Waals surface area contributed by atoms with Crippen molar-refractivity contribution < 1.29 is 19.1 Å². The maximum atomic E-state index is 11.7. The molecular formula is C16H23NO4. The standard InChI is InChI=1S/C16H23NO4/c1-12(16(19)21-4)11-17(13(2)18)10-9-14-5-7-15(20-3)8-6-14/h5-8,12H,9-11H2,1-4H3. The van der Waals surface area contributed by atoms with Crippen LogP contribution in [-0.2, 0) is 20.7 Å². The molecule has 0 aliphatic carbocycles. The van der Waals surface area contributed by atoms with Gasteiger partial charge in [-0.25, -0.2) is 0 Å². The summed E-state index contributed by atoms with van der Waals surface area (Å²) in [7, 11) is 2.98. The van der Waals surface area contributed by atoms with Crippen molar-refractivity contribution in [2.75, 3.05) is 27.3 Å². The molecule has 0 aliphatic heterocycles. The molecule has 1 amide bonds. The number of esters is 1. The van der Waals surface area contributed by atoms with Crippen molar-refractivity contribution in [3.63, 3.8) is 0 Å². The number of hydrogen-bond donors (Lipinski definition) is 0. The van der Waals surface area contributed by atoms with Gasteiger partial charge in [0.1, 0.15) is 5.75 Å². The molecule has 0 N–H and O–H groups in total. The number of methoxy groups -OCH3 is 2. The molecule has 1 unspecified atom stereocenters. The first-order valence-electron chi connectivity index (χ1n) is 6.94. The van der Waals surface area contributed by atoms with Crippen LogP contribution in [0.25, 0.3) is 0 Å². The summed E-state index contributed by atoms with van der Waals surface area (Å²) in [5.41, 5.74) is 1.12. The third-order valence-corrected chi connectivity index (χ3v) is 3.37. The van der Waals surface area contributed by atoms with Gasteiger partial charge in [-0.3, -0.25) is 9.59 Å². The molecule has 1 aromatic carbocycles. The highest BCUT2D eigenvalue weighted by Gasteiger charge is 2.19. The highest BCUT2D eigenvalue weighted by molar-refractivity contribution is 5.76. The molecule has 5 nitrogen and oxygen atoms in total. The molecule has 1 atom stereocenters. The number of amides is 1. The van der Waals surface area contributed by atoms with E-state index in [9.17, 15) is 9.59 Å². The minimum absolute atomic E-state index is 0.0423. The van der Waals surface area contributed by atoms with Gasteiger partial charge in [-0.05, 0) is 24.1 Å². The number of carbonyl (C=O) groups is 2. The second-order valence-corrected chi connectivity index (χ2v) is 4.99. The molecule has 0 aromatic heterocycles. The lowest BCUT2D eigenvalue weighted by Gasteiger charge is -2.23. The van der Waals surface area contributed by atoms with E-state index in [1.54, 1.807) is 18.9 Å². The molecule has 5 heteroatoms. The lowest BCUT2D eigenvalue weighted by Crippen LogP contribution is -2.37. The smallest absolute Gasteiger partial charge is 0.310 e. The largest absolute Gasteiger partial charge is 0.497 e. The van der Waals surface area contributed by atoms with Gasteiger partial charge in [-0.1, -0.05) is 19.1 Å². The molecule has 21 heavy (non-hydrogen) atoms. The summed E-state index contributed by atoms with van der Waals surface area (Å²) in [5, 5.41) is 0. The third-order valence-electron chi connectivity index (χ3n) is 3.37. The second-order valence-electron chi connectivity index (χ2n) is 4.99. The fourth-order valence-corrected chi connectivity index (χ4v) is 2.04. The monoisotopic (exact) mass is 293 g/mol. The Morgan fingerprint density at radius 3 is 2.29 bits per heavy atom. The van der Waals surface area contributed by atoms with Gasteiger partial charge in [-0.15, -0.1) is 0 Å². The van der Waals surface area contributed by atoms with Gasteiger partial charge >= 0.3 is 5.97 Å². The number of hydrogen-bond acceptors (Lipinski definition) is 4. The molecule has 0 aliphatic rings. The number of rotatable bonds is 7. The van der Waals surface area contributed by atoms with Crippen LogP contribution in [0.1, 0.15) is 19.4 Å². The predicted molar refractivity (Wildman–Crippen MR) is 80.1 cm³/mol. The zero-order valence-corrected chi connectivity index (χ0v) is 13.1. The molecular weight excluding hydrogens is 270 g/mol. The zero-order valence-electron chi connectivity index (χ0n) is 13.1. The van der Waals surface area contributed by atoms with Crippen molar-refractivity contribution in [2.24, 2.45) is 5.92 Å². The Bertz CT molecular complexity index is 470. The minimum Gasteiger partial charge on any atom is -0.497 e. The predicted octanol–water partition coefficient (Wildman–Crippen LogP) is 1.90. The van der Waals surface area contributed by atoms with Gasteiger partial charge in [0, 0.05) is 20.0 Å². The van der Waals surface area contributed by atoms with Crippen LogP contribution in [0.4, 0.5) is 0 Å². The van der Waals surface area contributed by atoms with E-state index in [1.165, 1.54) is 14.0 Å². The van der Waals surface area contributed by atoms with Crippen molar-refractivity contribution in [1.82, 2.24) is 4.90 Å². The molecule has 0 saturated heterocycles. The van der Waals surface area contributed by atoms with Crippen LogP contribution in [-0.4, -0.2) is 44.1 Å². The van der Waals surface area contributed by atoms with Crippen LogP contribution in [0.2, 0.25) is 0 Å². The van der Waals surface area contributed by atoms with Crippen LogP contribution in [0.15, 0.2) is 24.3 Å². The first-order chi connectivity index (χ1) is 9.97. The Labute approximate surface area is 125 Å². The number of nitrogens with zero attached hydrogens (tertiary/aromatic N) is 1. The van der Waals surface area contributed by atoms with Crippen molar-refractivity contribution in [3.8, 4) is 5.75 Å². The summed E-state index contributed by atoms with van der Waals surface area (Å²) in [6.07, 6.45) is 0.734. The van der Waals surface area contributed by atoms with Crippen LogP contribution < -0.4 is 4.74 Å². The van der Waals surface area contributed by atoms with Crippen LogP contribution in [0.5, 0.6) is 5.75 Å². The Kier molecular flexibility index (Phi) is 6.72.